The molecule has 4 rings (SSSR count). The van der Waals surface area contributed by atoms with Crippen LogP contribution in [-0.4, -0.2) is 29.7 Å². The molecule has 0 spiro atoms. The molecule has 0 saturated carbocycles. The van der Waals surface area contributed by atoms with E-state index in [-0.39, 0.29) is 24.3 Å². The van der Waals surface area contributed by atoms with Gasteiger partial charge >= 0.3 is 0 Å². The number of fused-ring (bicyclic) bond motifs is 1. The number of ketones is 1. The van der Waals surface area contributed by atoms with Crippen LogP contribution in [-0.2, 0) is 9.59 Å². The van der Waals surface area contributed by atoms with Gasteiger partial charge in [-0.25, -0.2) is 0 Å². The highest BCUT2D eigenvalue weighted by atomic mass is 16.7. The van der Waals surface area contributed by atoms with Crippen LogP contribution in [0.15, 0.2) is 53.8 Å². The molecule has 2 aliphatic rings. The molecule has 32 heavy (non-hydrogen) atoms. The molecule has 1 unspecified atom stereocenters. The van der Waals surface area contributed by atoms with Gasteiger partial charge in [0.2, 0.25) is 6.79 Å². The monoisotopic (exact) mass is 437 g/mol. The third kappa shape index (κ3) is 3.79. The molecule has 0 fully saturated rings. The topological polar surface area (TPSA) is 85.3 Å². The molecular formula is C25H27NO6. The molecule has 0 saturated heterocycles. The fraction of sp³-hybridized carbons (Fsp3) is 0.360. The van der Waals surface area contributed by atoms with E-state index >= 15 is 0 Å². The largest absolute Gasteiger partial charge is 0.503 e. The summed E-state index contributed by atoms with van der Waals surface area (Å²) in [4.78, 5) is 28.0. The van der Waals surface area contributed by atoms with E-state index in [0.717, 1.165) is 0 Å². The Hall–Kier alpha value is -3.48. The van der Waals surface area contributed by atoms with E-state index in [0.29, 0.717) is 28.5 Å². The summed E-state index contributed by atoms with van der Waals surface area (Å²) in [7, 11) is 0. The molecule has 0 radical (unpaired) electrons. The molecule has 0 bridgehead atoms. The van der Waals surface area contributed by atoms with E-state index < -0.39 is 23.1 Å². The van der Waals surface area contributed by atoms with Crippen LogP contribution >= 0.6 is 0 Å². The fourth-order valence-electron chi connectivity index (χ4n) is 3.86. The Morgan fingerprint density at radius 1 is 1.09 bits per heavy atom. The maximum atomic E-state index is 13.3. The number of rotatable bonds is 5. The number of amides is 1. The summed E-state index contributed by atoms with van der Waals surface area (Å²) in [5.41, 5.74) is 0.476. The van der Waals surface area contributed by atoms with Crippen molar-refractivity contribution >= 4 is 17.4 Å². The maximum absolute atomic E-state index is 13.3. The SMILES string of the molecule is CC(C)Oc1ccc(C2C(C(=O)C(C)(C)C)=C(O)C(=O)N2c2ccc3c(c2)OCO3)cc1. The Balaban J connectivity index is 1.82. The molecule has 1 amide bonds. The normalized spacial score (nSPS) is 18.0. The van der Waals surface area contributed by atoms with Gasteiger partial charge in [0.15, 0.2) is 23.0 Å². The molecule has 2 aromatic rings. The number of ether oxygens (including phenoxy) is 3. The van der Waals surface area contributed by atoms with Gasteiger partial charge in [-0.3, -0.25) is 14.5 Å². The lowest BCUT2D eigenvalue weighted by Crippen LogP contribution is -2.32. The number of hydrogen-bond donors (Lipinski definition) is 1. The van der Waals surface area contributed by atoms with E-state index in [1.165, 1.54) is 4.90 Å². The highest BCUT2D eigenvalue weighted by Gasteiger charge is 2.47. The van der Waals surface area contributed by atoms with Gasteiger partial charge in [0.1, 0.15) is 5.75 Å². The Bertz CT molecular complexity index is 1090. The average Bonchev–Trinajstić information content (AvgIpc) is 3.29. The zero-order chi connectivity index (χ0) is 23.2. The average molecular weight is 437 g/mol. The summed E-state index contributed by atoms with van der Waals surface area (Å²) in [6.45, 7) is 9.27. The van der Waals surface area contributed by atoms with E-state index in [2.05, 4.69) is 0 Å². The summed E-state index contributed by atoms with van der Waals surface area (Å²) in [6, 6.07) is 11.5. The van der Waals surface area contributed by atoms with Crippen LogP contribution in [0, 0.1) is 5.41 Å². The number of aliphatic hydroxyl groups is 1. The maximum Gasteiger partial charge on any atom is 0.294 e. The first-order valence-electron chi connectivity index (χ1n) is 10.6. The lowest BCUT2D eigenvalue weighted by molar-refractivity contribution is -0.123. The van der Waals surface area contributed by atoms with Crippen molar-refractivity contribution in [2.45, 2.75) is 46.8 Å². The molecule has 168 valence electrons. The number of nitrogens with zero attached hydrogens (tertiary/aromatic N) is 1. The van der Waals surface area contributed by atoms with Crippen LogP contribution in [0.25, 0.3) is 0 Å². The first-order valence-corrected chi connectivity index (χ1v) is 10.6. The first kappa shape index (κ1) is 21.7. The Morgan fingerprint density at radius 3 is 2.38 bits per heavy atom. The summed E-state index contributed by atoms with van der Waals surface area (Å²) in [5.74, 6) is 0.304. The second-order valence-corrected chi connectivity index (χ2v) is 9.19. The van der Waals surface area contributed by atoms with Crippen LogP contribution in [0.2, 0.25) is 0 Å². The molecule has 2 heterocycles. The van der Waals surface area contributed by atoms with Crippen molar-refractivity contribution in [1.29, 1.82) is 0 Å². The predicted molar refractivity (Wildman–Crippen MR) is 119 cm³/mol. The summed E-state index contributed by atoms with van der Waals surface area (Å²) in [5, 5.41) is 10.8. The van der Waals surface area contributed by atoms with E-state index in [1.54, 1.807) is 51.1 Å². The molecule has 7 nitrogen and oxygen atoms in total. The third-order valence-corrected chi connectivity index (χ3v) is 5.34. The predicted octanol–water partition coefficient (Wildman–Crippen LogP) is 4.72. The van der Waals surface area contributed by atoms with Crippen LogP contribution in [0.4, 0.5) is 5.69 Å². The van der Waals surface area contributed by atoms with Crippen molar-refractivity contribution in [2.75, 3.05) is 11.7 Å². The van der Waals surface area contributed by atoms with Gasteiger partial charge in [-0.2, -0.15) is 0 Å². The van der Waals surface area contributed by atoms with Crippen LogP contribution in [0.1, 0.15) is 46.2 Å². The molecule has 7 heteroatoms. The Morgan fingerprint density at radius 2 is 1.75 bits per heavy atom. The van der Waals surface area contributed by atoms with Gasteiger partial charge in [-0.15, -0.1) is 0 Å². The smallest absolute Gasteiger partial charge is 0.294 e. The van der Waals surface area contributed by atoms with Gasteiger partial charge in [0, 0.05) is 17.2 Å². The quantitative estimate of drug-likeness (QED) is 0.729. The number of carbonyl (C=O) groups is 2. The minimum absolute atomic E-state index is 0.0148. The lowest BCUT2D eigenvalue weighted by atomic mass is 9.82. The molecular weight excluding hydrogens is 410 g/mol. The minimum Gasteiger partial charge on any atom is -0.503 e. The highest BCUT2D eigenvalue weighted by molar-refractivity contribution is 6.17. The van der Waals surface area contributed by atoms with Crippen molar-refractivity contribution in [1.82, 2.24) is 0 Å². The van der Waals surface area contributed by atoms with Crippen molar-refractivity contribution < 1.29 is 28.9 Å². The van der Waals surface area contributed by atoms with Crippen molar-refractivity contribution in [3.05, 3.63) is 59.4 Å². The Labute approximate surface area is 187 Å². The van der Waals surface area contributed by atoms with Crippen molar-refractivity contribution in [2.24, 2.45) is 5.41 Å². The van der Waals surface area contributed by atoms with Crippen LogP contribution in [0.5, 0.6) is 17.2 Å². The number of anilines is 1. The van der Waals surface area contributed by atoms with Crippen LogP contribution < -0.4 is 19.1 Å². The van der Waals surface area contributed by atoms with E-state index in [1.807, 2.05) is 26.0 Å². The number of hydrogen-bond acceptors (Lipinski definition) is 6. The number of carbonyl (C=O) groups excluding carboxylic acids is 2. The standard InChI is InChI=1S/C25H27NO6/c1-14(2)32-17-9-6-15(7-10-17)21-20(23(28)25(3,4)5)22(27)24(29)26(21)16-8-11-18-19(12-16)31-13-30-18/h6-12,14,21,27H,13H2,1-5H3. The molecule has 2 aromatic carbocycles. The minimum atomic E-state index is -0.789. The zero-order valence-corrected chi connectivity index (χ0v) is 18.8. The van der Waals surface area contributed by atoms with E-state index in [9.17, 15) is 14.7 Å². The van der Waals surface area contributed by atoms with Gasteiger partial charge in [-0.1, -0.05) is 32.9 Å². The van der Waals surface area contributed by atoms with Gasteiger partial charge in [-0.05, 0) is 43.7 Å². The molecule has 0 aromatic heterocycles. The third-order valence-electron chi connectivity index (χ3n) is 5.34. The highest BCUT2D eigenvalue weighted by Crippen LogP contribution is 2.45. The van der Waals surface area contributed by atoms with Crippen LogP contribution in [0.3, 0.4) is 0 Å². The molecule has 1 atom stereocenters. The second kappa shape index (κ2) is 7.89. The van der Waals surface area contributed by atoms with E-state index in [4.69, 9.17) is 14.2 Å². The van der Waals surface area contributed by atoms with Gasteiger partial charge in [0.05, 0.1) is 17.7 Å². The molecule has 0 aliphatic carbocycles. The van der Waals surface area contributed by atoms with Gasteiger partial charge in [0.25, 0.3) is 5.91 Å². The zero-order valence-electron chi connectivity index (χ0n) is 18.8. The number of aliphatic hydroxyl groups excluding tert-OH is 1. The van der Waals surface area contributed by atoms with Crippen molar-refractivity contribution in [3.63, 3.8) is 0 Å². The number of Topliss-reactive ketones (excluding diaryl/α,β-unsaturated/α-hetero) is 1. The molecule has 1 N–H and O–H groups in total. The van der Waals surface area contributed by atoms with Crippen molar-refractivity contribution in [3.8, 4) is 17.2 Å². The summed E-state index contributed by atoms with van der Waals surface area (Å²) >= 11 is 0. The molecule has 2 aliphatic heterocycles. The summed E-state index contributed by atoms with van der Waals surface area (Å²) < 4.78 is 16.6. The van der Waals surface area contributed by atoms with Gasteiger partial charge < -0.3 is 19.3 Å². The Kier molecular flexibility index (Phi) is 5.36. The second-order valence-electron chi connectivity index (χ2n) is 9.19. The number of benzene rings is 2. The first-order chi connectivity index (χ1) is 15.1. The summed E-state index contributed by atoms with van der Waals surface area (Å²) in [6.07, 6.45) is 0.0148. The lowest BCUT2D eigenvalue weighted by Gasteiger charge is -2.29. The fourth-order valence-corrected chi connectivity index (χ4v) is 3.86.